The van der Waals surface area contributed by atoms with Crippen molar-refractivity contribution in [2.45, 2.75) is 31.7 Å². The molecule has 0 aliphatic carbocycles. The Morgan fingerprint density at radius 2 is 1.90 bits per heavy atom. The Morgan fingerprint density at radius 3 is 2.67 bits per heavy atom. The molecule has 2 aromatic heterocycles. The Morgan fingerprint density at radius 1 is 1.14 bits per heavy atom. The van der Waals surface area contributed by atoms with E-state index >= 15 is 0 Å². The van der Waals surface area contributed by atoms with Gasteiger partial charge in [-0.2, -0.15) is 0 Å². The summed E-state index contributed by atoms with van der Waals surface area (Å²) in [5.41, 5.74) is 3.79. The highest BCUT2D eigenvalue weighted by Crippen LogP contribution is 2.35. The second kappa shape index (κ2) is 5.95. The third-order valence-corrected chi connectivity index (χ3v) is 5.85. The molecule has 0 radical (unpaired) electrons. The van der Waals surface area contributed by atoms with Crippen LogP contribution in [0.25, 0.3) is 10.2 Å². The summed E-state index contributed by atoms with van der Waals surface area (Å²) in [5, 5.41) is 2.31. The third-order valence-electron chi connectivity index (χ3n) is 3.58. The maximum atomic E-state index is 6.34. The highest BCUT2D eigenvalue weighted by molar-refractivity contribution is 7.98. The van der Waals surface area contributed by atoms with Gasteiger partial charge in [-0.25, -0.2) is 9.97 Å². The van der Waals surface area contributed by atoms with Crippen molar-refractivity contribution in [3.8, 4) is 0 Å². The van der Waals surface area contributed by atoms with Gasteiger partial charge in [-0.1, -0.05) is 47.6 Å². The molecule has 3 rings (SSSR count). The first-order chi connectivity index (χ1) is 10.1. The van der Waals surface area contributed by atoms with Gasteiger partial charge in [0, 0.05) is 10.6 Å². The normalized spacial score (nSPS) is 11.2. The lowest BCUT2D eigenvalue weighted by atomic mass is 10.1. The molecule has 0 saturated heterocycles. The van der Waals surface area contributed by atoms with Crippen LogP contribution in [0.1, 0.15) is 21.6 Å². The summed E-state index contributed by atoms with van der Waals surface area (Å²) in [7, 11) is 0. The molecule has 2 nitrogen and oxygen atoms in total. The lowest BCUT2D eigenvalue weighted by molar-refractivity contribution is 1.01. The zero-order valence-corrected chi connectivity index (χ0v) is 14.5. The fourth-order valence-electron chi connectivity index (χ4n) is 2.16. The predicted molar refractivity (Wildman–Crippen MR) is 92.6 cm³/mol. The first kappa shape index (κ1) is 14.8. The number of aromatic nitrogens is 2. The summed E-state index contributed by atoms with van der Waals surface area (Å²) < 4.78 is 0. The zero-order valence-electron chi connectivity index (χ0n) is 12.1. The number of thiophene rings is 1. The van der Waals surface area contributed by atoms with E-state index in [1.807, 2.05) is 0 Å². The number of hydrogen-bond acceptors (Lipinski definition) is 4. The molecule has 3 aromatic rings. The van der Waals surface area contributed by atoms with Crippen molar-refractivity contribution in [2.24, 2.45) is 0 Å². The molecule has 1 aromatic carbocycles. The summed E-state index contributed by atoms with van der Waals surface area (Å²) in [4.78, 5) is 11.3. The number of aryl methyl sites for hydroxylation is 3. The smallest absolute Gasteiger partial charge is 0.190 e. The minimum Gasteiger partial charge on any atom is -0.211 e. The predicted octanol–water partition coefficient (Wildman–Crippen LogP) is 5.56. The van der Waals surface area contributed by atoms with Crippen molar-refractivity contribution in [3.05, 3.63) is 51.0 Å². The minimum atomic E-state index is 0.564. The Kier molecular flexibility index (Phi) is 4.20. The van der Waals surface area contributed by atoms with Crippen LogP contribution in [0.15, 0.2) is 29.4 Å². The molecule has 0 spiro atoms. The van der Waals surface area contributed by atoms with Crippen molar-refractivity contribution in [1.29, 1.82) is 0 Å². The molecule has 0 atom stereocenters. The number of rotatable bonds is 3. The Balaban J connectivity index is 1.90. The van der Waals surface area contributed by atoms with Crippen LogP contribution in [0, 0.1) is 20.8 Å². The number of halogens is 1. The lowest BCUT2D eigenvalue weighted by Gasteiger charge is -2.05. The molecule has 0 aliphatic rings. The van der Waals surface area contributed by atoms with Crippen LogP contribution in [0.2, 0.25) is 5.15 Å². The van der Waals surface area contributed by atoms with Gasteiger partial charge in [-0.15, -0.1) is 11.3 Å². The number of nitrogens with zero attached hydrogens (tertiary/aromatic N) is 2. The van der Waals surface area contributed by atoms with Crippen LogP contribution in [0.5, 0.6) is 0 Å². The average molecular weight is 335 g/mol. The quantitative estimate of drug-likeness (QED) is 0.356. The minimum absolute atomic E-state index is 0.564. The summed E-state index contributed by atoms with van der Waals surface area (Å²) >= 11 is 9.65. The standard InChI is InChI=1S/C16H15ClN2S2/c1-9-6-4-5-7-12(9)8-20-16-18-14(17)13-10(2)11(3)21-15(13)19-16/h4-7H,8H2,1-3H3. The average Bonchev–Trinajstić information content (AvgIpc) is 2.73. The van der Waals surface area contributed by atoms with Crippen molar-refractivity contribution in [2.75, 3.05) is 0 Å². The topological polar surface area (TPSA) is 25.8 Å². The molecule has 2 heterocycles. The SMILES string of the molecule is Cc1ccccc1CSc1nc(Cl)c2c(C)c(C)sc2n1. The Bertz CT molecular complexity index is 811. The van der Waals surface area contributed by atoms with Crippen LogP contribution in [0.4, 0.5) is 0 Å². The van der Waals surface area contributed by atoms with E-state index in [9.17, 15) is 0 Å². The Hall–Kier alpha value is -1.10. The highest BCUT2D eigenvalue weighted by Gasteiger charge is 2.13. The molecule has 0 saturated carbocycles. The molecule has 0 unspecified atom stereocenters. The maximum Gasteiger partial charge on any atom is 0.190 e. The van der Waals surface area contributed by atoms with Crippen LogP contribution in [-0.2, 0) is 5.75 Å². The van der Waals surface area contributed by atoms with Gasteiger partial charge in [0.05, 0.1) is 5.39 Å². The molecule has 5 heteroatoms. The van der Waals surface area contributed by atoms with Gasteiger partial charge in [0.2, 0.25) is 0 Å². The largest absolute Gasteiger partial charge is 0.211 e. The summed E-state index contributed by atoms with van der Waals surface area (Å²) in [6.07, 6.45) is 0. The summed E-state index contributed by atoms with van der Waals surface area (Å²) in [6, 6.07) is 8.38. The van der Waals surface area contributed by atoms with Crippen molar-refractivity contribution < 1.29 is 0 Å². The number of hydrogen-bond donors (Lipinski definition) is 0. The first-order valence-corrected chi connectivity index (χ1v) is 8.85. The molecule has 0 bridgehead atoms. The van der Waals surface area contributed by atoms with Gasteiger partial charge in [0.25, 0.3) is 0 Å². The molecule has 0 N–H and O–H groups in total. The van der Waals surface area contributed by atoms with Gasteiger partial charge in [-0.05, 0) is 37.5 Å². The molecular formula is C16H15ClN2S2. The van der Waals surface area contributed by atoms with Crippen molar-refractivity contribution >= 4 is 44.9 Å². The number of benzene rings is 1. The van der Waals surface area contributed by atoms with Gasteiger partial charge in [-0.3, -0.25) is 0 Å². The molecule has 21 heavy (non-hydrogen) atoms. The highest BCUT2D eigenvalue weighted by atomic mass is 35.5. The van der Waals surface area contributed by atoms with E-state index in [4.69, 9.17) is 11.6 Å². The van der Waals surface area contributed by atoms with E-state index < -0.39 is 0 Å². The van der Waals surface area contributed by atoms with Crippen LogP contribution in [0.3, 0.4) is 0 Å². The van der Waals surface area contributed by atoms with Crippen LogP contribution >= 0.6 is 34.7 Å². The molecule has 0 fully saturated rings. The van der Waals surface area contributed by atoms with Gasteiger partial charge < -0.3 is 0 Å². The number of thioether (sulfide) groups is 1. The van der Waals surface area contributed by atoms with E-state index in [-0.39, 0.29) is 0 Å². The van der Waals surface area contributed by atoms with Crippen molar-refractivity contribution in [3.63, 3.8) is 0 Å². The fourth-order valence-corrected chi connectivity index (χ4v) is 4.59. The van der Waals surface area contributed by atoms with Gasteiger partial charge in [0.1, 0.15) is 9.98 Å². The molecule has 108 valence electrons. The van der Waals surface area contributed by atoms with E-state index in [2.05, 4.69) is 55.0 Å². The van der Waals surface area contributed by atoms with E-state index in [0.29, 0.717) is 5.15 Å². The number of fused-ring (bicyclic) bond motifs is 1. The third kappa shape index (κ3) is 2.93. The fraction of sp³-hybridized carbons (Fsp3) is 0.250. The maximum absolute atomic E-state index is 6.34. The van der Waals surface area contributed by atoms with Crippen LogP contribution < -0.4 is 0 Å². The first-order valence-electron chi connectivity index (χ1n) is 6.67. The monoisotopic (exact) mass is 334 g/mol. The molecular weight excluding hydrogens is 320 g/mol. The van der Waals surface area contributed by atoms with Crippen LogP contribution in [-0.4, -0.2) is 9.97 Å². The van der Waals surface area contributed by atoms with Gasteiger partial charge >= 0.3 is 0 Å². The summed E-state index contributed by atoms with van der Waals surface area (Å²) in [6.45, 7) is 6.29. The molecule has 0 aliphatic heterocycles. The van der Waals surface area contributed by atoms with E-state index in [1.54, 1.807) is 23.1 Å². The second-order valence-corrected chi connectivity index (χ2v) is 7.48. The summed E-state index contributed by atoms with van der Waals surface area (Å²) in [5.74, 6) is 0.859. The zero-order chi connectivity index (χ0) is 15.0. The van der Waals surface area contributed by atoms with Crippen molar-refractivity contribution in [1.82, 2.24) is 9.97 Å². The lowest BCUT2D eigenvalue weighted by Crippen LogP contribution is -1.91. The van der Waals surface area contributed by atoms with E-state index in [1.165, 1.54) is 21.6 Å². The second-order valence-electron chi connectivity index (χ2n) is 4.98. The Labute approximate surface area is 137 Å². The van der Waals surface area contributed by atoms with Gasteiger partial charge in [0.15, 0.2) is 5.16 Å². The van der Waals surface area contributed by atoms with E-state index in [0.717, 1.165) is 21.1 Å². The molecule has 0 amide bonds.